The van der Waals surface area contributed by atoms with E-state index in [1.165, 1.54) is 7.11 Å². The molecule has 0 fully saturated rings. The van der Waals surface area contributed by atoms with Gasteiger partial charge in [-0.3, -0.25) is 9.59 Å². The minimum atomic E-state index is -0.786. The Hall–Kier alpha value is -3.35. The van der Waals surface area contributed by atoms with Crippen molar-refractivity contribution in [3.8, 4) is 11.5 Å². The zero-order valence-electron chi connectivity index (χ0n) is 17.2. The number of amides is 1. The van der Waals surface area contributed by atoms with Gasteiger partial charge in [0.2, 0.25) is 0 Å². The molecule has 1 amide bonds. The lowest BCUT2D eigenvalue weighted by molar-refractivity contribution is -0.151. The van der Waals surface area contributed by atoms with Crippen LogP contribution < -0.4 is 10.1 Å². The summed E-state index contributed by atoms with van der Waals surface area (Å²) >= 11 is 0. The molecule has 1 aliphatic heterocycles. The minimum Gasteiger partial charge on any atom is -0.467 e. The number of methoxy groups -OCH3 is 1. The Labute approximate surface area is 175 Å². The molecule has 0 aromatic heterocycles. The van der Waals surface area contributed by atoms with Crippen LogP contribution in [0.2, 0.25) is 0 Å². The molecule has 0 saturated heterocycles. The van der Waals surface area contributed by atoms with Crippen LogP contribution in [0.4, 0.5) is 0 Å². The first-order valence-corrected chi connectivity index (χ1v) is 9.80. The van der Waals surface area contributed by atoms with Gasteiger partial charge in [-0.15, -0.1) is 0 Å². The second kappa shape index (κ2) is 9.43. The molecule has 7 nitrogen and oxygen atoms in total. The maximum absolute atomic E-state index is 12.9. The number of benzene rings is 2. The summed E-state index contributed by atoms with van der Waals surface area (Å²) in [7, 11) is 1.27. The second-order valence-corrected chi connectivity index (χ2v) is 7.49. The topological polar surface area (TPSA) is 90.9 Å². The average molecular weight is 411 g/mol. The van der Waals surface area contributed by atoms with E-state index in [1.807, 2.05) is 38.1 Å². The van der Waals surface area contributed by atoms with E-state index >= 15 is 0 Å². The summed E-state index contributed by atoms with van der Waals surface area (Å²) in [5.41, 5.74) is 1.35. The van der Waals surface area contributed by atoms with Gasteiger partial charge in [-0.25, -0.2) is 4.79 Å². The van der Waals surface area contributed by atoms with Gasteiger partial charge in [0.15, 0.2) is 6.61 Å². The fourth-order valence-electron chi connectivity index (χ4n) is 3.45. The molecule has 0 spiro atoms. The molecule has 1 heterocycles. The largest absolute Gasteiger partial charge is 0.467 e. The van der Waals surface area contributed by atoms with E-state index in [4.69, 9.17) is 14.2 Å². The molecule has 0 aliphatic carbocycles. The highest BCUT2D eigenvalue weighted by molar-refractivity contribution is 5.89. The highest BCUT2D eigenvalue weighted by Gasteiger charge is 2.34. The van der Waals surface area contributed by atoms with Crippen LogP contribution in [0.3, 0.4) is 0 Å². The van der Waals surface area contributed by atoms with E-state index in [0.29, 0.717) is 29.0 Å². The maximum Gasteiger partial charge on any atom is 0.328 e. The minimum absolute atomic E-state index is 0.173. The molecule has 0 radical (unpaired) electrons. The first-order chi connectivity index (χ1) is 14.4. The fourth-order valence-corrected chi connectivity index (χ4v) is 3.45. The predicted octanol–water partition coefficient (Wildman–Crippen LogP) is 3.17. The Morgan fingerprint density at radius 1 is 1.00 bits per heavy atom. The summed E-state index contributed by atoms with van der Waals surface area (Å²) in [5.74, 6) is -1.04. The maximum atomic E-state index is 12.9. The molecule has 2 aromatic carbocycles. The van der Waals surface area contributed by atoms with Crippen LogP contribution in [0, 0.1) is 5.92 Å². The van der Waals surface area contributed by atoms with Crippen LogP contribution >= 0.6 is 0 Å². The van der Waals surface area contributed by atoms with Crippen molar-refractivity contribution in [3.63, 3.8) is 0 Å². The monoisotopic (exact) mass is 411 g/mol. The van der Waals surface area contributed by atoms with E-state index in [9.17, 15) is 14.4 Å². The van der Waals surface area contributed by atoms with E-state index in [-0.39, 0.29) is 5.92 Å². The summed E-state index contributed by atoms with van der Waals surface area (Å²) < 4.78 is 15.9. The highest BCUT2D eigenvalue weighted by atomic mass is 16.5. The Morgan fingerprint density at radius 3 is 2.10 bits per heavy atom. The number of esters is 2. The van der Waals surface area contributed by atoms with Gasteiger partial charge in [0, 0.05) is 11.1 Å². The Kier molecular flexibility index (Phi) is 6.72. The number of rotatable bonds is 7. The molecule has 1 atom stereocenters. The zero-order valence-corrected chi connectivity index (χ0v) is 17.2. The second-order valence-electron chi connectivity index (χ2n) is 7.49. The number of carbonyl (C=O) groups is 3. The van der Waals surface area contributed by atoms with Gasteiger partial charge in [-0.05, 0) is 24.5 Å². The van der Waals surface area contributed by atoms with Crippen molar-refractivity contribution in [1.82, 2.24) is 5.32 Å². The van der Waals surface area contributed by atoms with Gasteiger partial charge in [-0.2, -0.15) is 0 Å². The number of ether oxygens (including phenoxy) is 3. The van der Waals surface area contributed by atoms with Gasteiger partial charge in [0.05, 0.1) is 7.11 Å². The van der Waals surface area contributed by atoms with Crippen molar-refractivity contribution in [1.29, 1.82) is 0 Å². The molecule has 1 N–H and O–H groups in total. The summed E-state index contributed by atoms with van der Waals surface area (Å²) in [6.45, 7) is 3.37. The standard InChI is InChI=1S/C23H25NO6/c1-14(2)12-17(22(26)28-3)24-20(25)13-29-23(27)21-15-8-4-6-10-18(15)30-19-11-7-5-9-16(19)21/h4-11,14,17,21H,12-13H2,1-3H3,(H,24,25)/t17-/m1/s1. The Balaban J connectivity index is 1.71. The molecular formula is C23H25NO6. The smallest absolute Gasteiger partial charge is 0.328 e. The van der Waals surface area contributed by atoms with Gasteiger partial charge in [0.25, 0.3) is 5.91 Å². The first-order valence-electron chi connectivity index (χ1n) is 9.80. The lowest BCUT2D eigenvalue weighted by Gasteiger charge is -2.26. The van der Waals surface area contributed by atoms with E-state index in [2.05, 4.69) is 5.32 Å². The van der Waals surface area contributed by atoms with Crippen LogP contribution in [0.5, 0.6) is 11.5 Å². The van der Waals surface area contributed by atoms with Crippen LogP contribution in [-0.2, 0) is 23.9 Å². The Bertz CT molecular complexity index is 893. The third-order valence-corrected chi connectivity index (χ3v) is 4.79. The van der Waals surface area contributed by atoms with Crippen molar-refractivity contribution < 1.29 is 28.6 Å². The SMILES string of the molecule is COC(=O)[C@@H](CC(C)C)NC(=O)COC(=O)C1c2ccccc2Oc2ccccc21. The number of fused-ring (bicyclic) bond motifs is 2. The van der Waals surface area contributed by atoms with E-state index < -0.39 is 36.4 Å². The van der Waals surface area contributed by atoms with Crippen molar-refractivity contribution in [3.05, 3.63) is 59.7 Å². The quantitative estimate of drug-likeness (QED) is 0.704. The average Bonchev–Trinajstić information content (AvgIpc) is 2.74. The molecule has 1 aliphatic rings. The zero-order chi connectivity index (χ0) is 21.7. The molecule has 3 rings (SSSR count). The van der Waals surface area contributed by atoms with Crippen molar-refractivity contribution in [2.24, 2.45) is 5.92 Å². The molecule has 0 saturated carbocycles. The number of hydrogen-bond acceptors (Lipinski definition) is 6. The molecule has 158 valence electrons. The van der Waals surface area contributed by atoms with Crippen molar-refractivity contribution >= 4 is 17.8 Å². The fraction of sp³-hybridized carbons (Fsp3) is 0.348. The van der Waals surface area contributed by atoms with Crippen LogP contribution in [-0.4, -0.2) is 37.6 Å². The van der Waals surface area contributed by atoms with Crippen molar-refractivity contribution in [2.45, 2.75) is 32.2 Å². The van der Waals surface area contributed by atoms with Gasteiger partial charge < -0.3 is 19.5 Å². The van der Waals surface area contributed by atoms with Gasteiger partial charge >= 0.3 is 11.9 Å². The number of nitrogens with one attached hydrogen (secondary N) is 1. The molecule has 30 heavy (non-hydrogen) atoms. The summed E-state index contributed by atoms with van der Waals surface area (Å²) in [4.78, 5) is 37.1. The number of carbonyl (C=O) groups excluding carboxylic acids is 3. The summed E-state index contributed by atoms with van der Waals surface area (Å²) in [6, 6.07) is 13.7. The molecule has 0 unspecified atom stereocenters. The van der Waals surface area contributed by atoms with E-state index in [0.717, 1.165) is 0 Å². The number of para-hydroxylation sites is 2. The summed E-state index contributed by atoms with van der Waals surface area (Å²) in [5, 5.41) is 2.58. The summed E-state index contributed by atoms with van der Waals surface area (Å²) in [6.07, 6.45) is 0.424. The third kappa shape index (κ3) is 4.79. The first kappa shape index (κ1) is 21.4. The van der Waals surface area contributed by atoms with Gasteiger partial charge in [0.1, 0.15) is 23.5 Å². The van der Waals surface area contributed by atoms with Crippen LogP contribution in [0.1, 0.15) is 37.3 Å². The van der Waals surface area contributed by atoms with Crippen molar-refractivity contribution in [2.75, 3.05) is 13.7 Å². The highest BCUT2D eigenvalue weighted by Crippen LogP contribution is 2.44. The molecule has 0 bridgehead atoms. The Morgan fingerprint density at radius 2 is 1.57 bits per heavy atom. The molecular weight excluding hydrogens is 386 g/mol. The predicted molar refractivity (Wildman–Crippen MR) is 109 cm³/mol. The lowest BCUT2D eigenvalue weighted by atomic mass is 9.88. The lowest BCUT2D eigenvalue weighted by Crippen LogP contribution is -2.44. The van der Waals surface area contributed by atoms with Crippen LogP contribution in [0.25, 0.3) is 0 Å². The molecule has 2 aromatic rings. The number of hydrogen-bond donors (Lipinski definition) is 1. The molecule has 7 heteroatoms. The normalized spacial score (nSPS) is 13.5. The van der Waals surface area contributed by atoms with Crippen LogP contribution in [0.15, 0.2) is 48.5 Å². The third-order valence-electron chi connectivity index (χ3n) is 4.79. The van der Waals surface area contributed by atoms with E-state index in [1.54, 1.807) is 24.3 Å². The van der Waals surface area contributed by atoms with Gasteiger partial charge in [-0.1, -0.05) is 50.2 Å².